The molecular formula is C18H20N2O4. The van der Waals surface area contributed by atoms with Crippen LogP contribution >= 0.6 is 0 Å². The highest BCUT2D eigenvalue weighted by Gasteiger charge is 2.27. The van der Waals surface area contributed by atoms with Gasteiger partial charge in [0.25, 0.3) is 0 Å². The van der Waals surface area contributed by atoms with Crippen LogP contribution in [0.2, 0.25) is 0 Å². The van der Waals surface area contributed by atoms with Crippen molar-refractivity contribution in [2.45, 2.75) is 32.4 Å². The molecule has 1 aromatic heterocycles. The third-order valence-corrected chi connectivity index (χ3v) is 3.83. The van der Waals surface area contributed by atoms with E-state index < -0.39 is 0 Å². The number of benzene rings is 1. The Balaban J connectivity index is 1.54. The number of amides is 2. The predicted molar refractivity (Wildman–Crippen MR) is 88.7 cm³/mol. The molecule has 0 saturated heterocycles. The maximum Gasteiger partial charge on any atom is 0.227 e. The van der Waals surface area contributed by atoms with E-state index in [4.69, 9.17) is 9.15 Å². The Morgan fingerprint density at radius 3 is 2.83 bits per heavy atom. The molecule has 6 heteroatoms. The van der Waals surface area contributed by atoms with E-state index >= 15 is 0 Å². The minimum atomic E-state index is -0.172. The second-order valence-electron chi connectivity index (χ2n) is 5.76. The molecule has 1 aliphatic rings. The van der Waals surface area contributed by atoms with Gasteiger partial charge in [0.15, 0.2) is 0 Å². The fourth-order valence-corrected chi connectivity index (χ4v) is 2.67. The summed E-state index contributed by atoms with van der Waals surface area (Å²) in [7, 11) is 0. The molecule has 1 aliphatic heterocycles. The lowest BCUT2D eigenvalue weighted by Crippen LogP contribution is -2.42. The minimum absolute atomic E-state index is 0.0726. The number of nitrogens with one attached hydrogen (secondary N) is 1. The summed E-state index contributed by atoms with van der Waals surface area (Å²) in [6.45, 7) is 2.74. The summed E-state index contributed by atoms with van der Waals surface area (Å²) in [5.41, 5.74) is 0.761. The second-order valence-corrected chi connectivity index (χ2v) is 5.76. The van der Waals surface area contributed by atoms with Crippen LogP contribution in [0.15, 0.2) is 47.1 Å². The highest BCUT2D eigenvalue weighted by molar-refractivity contribution is 5.97. The lowest BCUT2D eigenvalue weighted by Gasteiger charge is -2.33. The van der Waals surface area contributed by atoms with Crippen molar-refractivity contribution >= 4 is 17.5 Å². The van der Waals surface area contributed by atoms with Crippen LogP contribution in [0.25, 0.3) is 0 Å². The van der Waals surface area contributed by atoms with Gasteiger partial charge in [0.1, 0.15) is 17.6 Å². The normalized spacial score (nSPS) is 16.2. The number of hydrogen-bond donors (Lipinski definition) is 1. The van der Waals surface area contributed by atoms with Crippen LogP contribution in [0, 0.1) is 0 Å². The molecule has 3 rings (SSSR count). The van der Waals surface area contributed by atoms with Crippen molar-refractivity contribution in [2.75, 3.05) is 11.4 Å². The number of rotatable bonds is 5. The minimum Gasteiger partial charge on any atom is -0.487 e. The fourth-order valence-electron chi connectivity index (χ4n) is 2.67. The van der Waals surface area contributed by atoms with Gasteiger partial charge in [-0.2, -0.15) is 0 Å². The van der Waals surface area contributed by atoms with Crippen molar-refractivity contribution in [1.82, 2.24) is 5.32 Å². The molecule has 24 heavy (non-hydrogen) atoms. The van der Waals surface area contributed by atoms with Crippen molar-refractivity contribution in [3.8, 4) is 5.75 Å². The van der Waals surface area contributed by atoms with E-state index in [0.717, 1.165) is 5.69 Å². The summed E-state index contributed by atoms with van der Waals surface area (Å²) < 4.78 is 10.9. The van der Waals surface area contributed by atoms with E-state index in [1.165, 1.54) is 0 Å². The molecule has 126 valence electrons. The maximum absolute atomic E-state index is 12.5. The van der Waals surface area contributed by atoms with Crippen LogP contribution in [0.4, 0.5) is 5.69 Å². The summed E-state index contributed by atoms with van der Waals surface area (Å²) in [5.74, 6) is 1.14. The van der Waals surface area contributed by atoms with Crippen LogP contribution in [0.1, 0.15) is 25.5 Å². The van der Waals surface area contributed by atoms with Gasteiger partial charge in [-0.1, -0.05) is 12.1 Å². The van der Waals surface area contributed by atoms with E-state index in [1.54, 1.807) is 23.3 Å². The molecule has 1 atom stereocenters. The molecule has 0 radical (unpaired) electrons. The molecule has 2 aromatic rings. The van der Waals surface area contributed by atoms with Gasteiger partial charge in [-0.05, 0) is 31.2 Å². The monoisotopic (exact) mass is 328 g/mol. The molecule has 1 unspecified atom stereocenters. The zero-order chi connectivity index (χ0) is 16.9. The Hall–Kier alpha value is -2.76. The summed E-state index contributed by atoms with van der Waals surface area (Å²) in [6, 6.07) is 11.0. The number of para-hydroxylation sites is 2. The number of fused-ring (bicyclic) bond motifs is 1. The largest absolute Gasteiger partial charge is 0.487 e. The van der Waals surface area contributed by atoms with Gasteiger partial charge < -0.3 is 19.4 Å². The second kappa shape index (κ2) is 7.21. The topological polar surface area (TPSA) is 71.8 Å². The van der Waals surface area contributed by atoms with Crippen LogP contribution in [-0.2, 0) is 16.1 Å². The van der Waals surface area contributed by atoms with Crippen LogP contribution < -0.4 is 15.0 Å². The van der Waals surface area contributed by atoms with E-state index in [9.17, 15) is 9.59 Å². The first kappa shape index (κ1) is 16.1. The zero-order valence-corrected chi connectivity index (χ0v) is 13.5. The average molecular weight is 328 g/mol. The molecule has 2 amide bonds. The van der Waals surface area contributed by atoms with Gasteiger partial charge in [0.2, 0.25) is 11.8 Å². The number of nitrogens with zero attached hydrogens (tertiary/aromatic N) is 1. The average Bonchev–Trinajstić information content (AvgIpc) is 3.10. The van der Waals surface area contributed by atoms with Gasteiger partial charge in [-0.15, -0.1) is 0 Å². The summed E-state index contributed by atoms with van der Waals surface area (Å²) >= 11 is 0. The SMILES string of the molecule is CC1CN(C(=O)CCC(=O)NCc2ccco2)c2ccccc2O1. The molecule has 1 aromatic carbocycles. The molecule has 0 fully saturated rings. The molecule has 0 saturated carbocycles. The fraction of sp³-hybridized carbons (Fsp3) is 0.333. The first-order valence-corrected chi connectivity index (χ1v) is 7.98. The third kappa shape index (κ3) is 3.76. The standard InChI is InChI=1S/C18H20N2O4/c1-13-12-20(15-6-2-3-7-16(15)24-13)18(22)9-8-17(21)19-11-14-5-4-10-23-14/h2-7,10,13H,8-9,11-12H2,1H3,(H,19,21). The third-order valence-electron chi connectivity index (χ3n) is 3.83. The van der Waals surface area contributed by atoms with Gasteiger partial charge in [-0.3, -0.25) is 9.59 Å². The first-order valence-electron chi connectivity index (χ1n) is 7.98. The molecule has 2 heterocycles. The van der Waals surface area contributed by atoms with Gasteiger partial charge in [-0.25, -0.2) is 0 Å². The Kier molecular flexibility index (Phi) is 4.84. The summed E-state index contributed by atoms with van der Waals surface area (Å²) in [4.78, 5) is 26.1. The van der Waals surface area contributed by atoms with E-state index in [0.29, 0.717) is 24.6 Å². The van der Waals surface area contributed by atoms with E-state index in [-0.39, 0.29) is 30.8 Å². The quantitative estimate of drug-likeness (QED) is 0.915. The Morgan fingerprint density at radius 2 is 2.04 bits per heavy atom. The van der Waals surface area contributed by atoms with Crippen molar-refractivity contribution in [1.29, 1.82) is 0 Å². The number of anilines is 1. The molecule has 1 N–H and O–H groups in total. The molecular weight excluding hydrogens is 308 g/mol. The molecule has 0 bridgehead atoms. The number of ether oxygens (including phenoxy) is 1. The lowest BCUT2D eigenvalue weighted by molar-refractivity contribution is -0.125. The van der Waals surface area contributed by atoms with Crippen molar-refractivity contribution < 1.29 is 18.7 Å². The summed E-state index contributed by atoms with van der Waals surface area (Å²) in [6.07, 6.45) is 1.79. The Labute approximate surface area is 140 Å². The van der Waals surface area contributed by atoms with Crippen LogP contribution in [0.3, 0.4) is 0 Å². The summed E-state index contributed by atoms with van der Waals surface area (Å²) in [5, 5.41) is 2.74. The molecule has 0 spiro atoms. The van der Waals surface area contributed by atoms with Crippen molar-refractivity contribution in [3.63, 3.8) is 0 Å². The van der Waals surface area contributed by atoms with Crippen molar-refractivity contribution in [3.05, 3.63) is 48.4 Å². The van der Waals surface area contributed by atoms with Crippen LogP contribution in [0.5, 0.6) is 5.75 Å². The number of hydrogen-bond acceptors (Lipinski definition) is 4. The Bertz CT molecular complexity index is 712. The molecule has 6 nitrogen and oxygen atoms in total. The smallest absolute Gasteiger partial charge is 0.227 e. The van der Waals surface area contributed by atoms with Gasteiger partial charge >= 0.3 is 0 Å². The van der Waals surface area contributed by atoms with E-state index in [1.807, 2.05) is 31.2 Å². The lowest BCUT2D eigenvalue weighted by atomic mass is 10.1. The number of carbonyl (C=O) groups excluding carboxylic acids is 2. The number of furan rings is 1. The number of carbonyl (C=O) groups is 2. The van der Waals surface area contributed by atoms with E-state index in [2.05, 4.69) is 5.32 Å². The Morgan fingerprint density at radius 1 is 1.21 bits per heavy atom. The zero-order valence-electron chi connectivity index (χ0n) is 13.5. The van der Waals surface area contributed by atoms with Gasteiger partial charge in [0, 0.05) is 12.8 Å². The maximum atomic E-state index is 12.5. The highest BCUT2D eigenvalue weighted by atomic mass is 16.5. The van der Waals surface area contributed by atoms with Gasteiger partial charge in [0.05, 0.1) is 25.0 Å². The predicted octanol–water partition coefficient (Wildman–Crippen LogP) is 2.49. The highest BCUT2D eigenvalue weighted by Crippen LogP contribution is 2.33. The van der Waals surface area contributed by atoms with Crippen LogP contribution in [-0.4, -0.2) is 24.5 Å². The first-order chi connectivity index (χ1) is 11.6. The van der Waals surface area contributed by atoms with Crippen molar-refractivity contribution in [2.24, 2.45) is 0 Å². The molecule has 0 aliphatic carbocycles.